The van der Waals surface area contributed by atoms with E-state index in [9.17, 15) is 27.1 Å². The van der Waals surface area contributed by atoms with Gasteiger partial charge in [0, 0.05) is 33.2 Å². The van der Waals surface area contributed by atoms with E-state index in [0.29, 0.717) is 5.22 Å². The van der Waals surface area contributed by atoms with Gasteiger partial charge in [-0.1, -0.05) is 24.8 Å². The van der Waals surface area contributed by atoms with E-state index < -0.39 is 49.9 Å². The summed E-state index contributed by atoms with van der Waals surface area (Å²) in [4.78, 5) is 11.2. The van der Waals surface area contributed by atoms with Crippen LogP contribution in [0.1, 0.15) is 27.0 Å². The molecule has 0 fully saturated rings. The van der Waals surface area contributed by atoms with Crippen LogP contribution in [-0.2, 0) is 9.84 Å². The van der Waals surface area contributed by atoms with Crippen LogP contribution < -0.4 is 16.2 Å². The molecule has 0 unspecified atom stereocenters. The summed E-state index contributed by atoms with van der Waals surface area (Å²) in [7, 11) is -4.14. The molecule has 0 saturated carbocycles. The number of rotatable bonds is 2. The Hall–Kier alpha value is -3.59. The predicted octanol–water partition coefficient (Wildman–Crippen LogP) is 2.50. The number of fused-ring (bicyclic) bond motifs is 2. The number of hydrogen-bond acceptors (Lipinski definition) is 4. The molecule has 9 heteroatoms. The molecule has 0 amide bonds. The molecule has 0 bridgehead atoms. The number of sulfone groups is 1. The van der Waals surface area contributed by atoms with Crippen LogP contribution in [0, 0.1) is 24.4 Å². The number of aromatic carboxylic acids is 1. The molecule has 1 aliphatic rings. The normalized spacial score (nSPS) is 14.1. The minimum atomic E-state index is -4.14. The lowest BCUT2D eigenvalue weighted by Gasteiger charge is -2.23. The molecule has 1 aliphatic heterocycles. The first-order valence-electron chi connectivity index (χ1n) is 8.85. The number of carboxylic acids is 1. The number of hydrogen-bond donors (Lipinski definition) is 2. The Bertz CT molecular complexity index is 1550. The van der Waals surface area contributed by atoms with Crippen molar-refractivity contribution >= 4 is 33.6 Å². The lowest BCUT2D eigenvalue weighted by Crippen LogP contribution is -2.29. The first kappa shape index (κ1) is 20.7. The Morgan fingerprint density at radius 3 is 2.32 bits per heavy atom. The Morgan fingerprint density at radius 1 is 1.00 bits per heavy atom. The summed E-state index contributed by atoms with van der Waals surface area (Å²) in [6.07, 6.45) is 0. The van der Waals surface area contributed by atoms with Gasteiger partial charge in [-0.05, 0) is 30.3 Å². The molecule has 1 heterocycles. The molecule has 3 N–H and O–H groups in total. The predicted molar refractivity (Wildman–Crippen MR) is 107 cm³/mol. The molecule has 5 nitrogen and oxygen atoms in total. The van der Waals surface area contributed by atoms with Gasteiger partial charge in [-0.25, -0.2) is 26.4 Å². The highest BCUT2D eigenvalue weighted by molar-refractivity contribution is 7.91. The molecular formula is C22H14F3NO4S. The zero-order valence-corrected chi connectivity index (χ0v) is 16.8. The van der Waals surface area contributed by atoms with Crippen LogP contribution >= 0.6 is 0 Å². The van der Waals surface area contributed by atoms with Crippen molar-refractivity contribution < 1.29 is 31.5 Å². The Labute approximate surface area is 174 Å². The van der Waals surface area contributed by atoms with Gasteiger partial charge in [-0.3, -0.25) is 0 Å². The van der Waals surface area contributed by atoms with Crippen LogP contribution in [0.5, 0.6) is 0 Å². The van der Waals surface area contributed by atoms with E-state index in [2.05, 4.69) is 6.58 Å². The quantitative estimate of drug-likeness (QED) is 0.365. The summed E-state index contributed by atoms with van der Waals surface area (Å²) >= 11 is 0. The van der Waals surface area contributed by atoms with Gasteiger partial charge in [-0.2, -0.15) is 0 Å². The monoisotopic (exact) mass is 445 g/mol. The van der Waals surface area contributed by atoms with Crippen molar-refractivity contribution in [2.75, 3.05) is 5.73 Å². The molecule has 0 aromatic heterocycles. The first-order chi connectivity index (χ1) is 14.5. The fraction of sp³-hybridized carbons (Fsp3) is 0.0455. The standard InChI is InChI=1S/C22H14F3NO4S/c1-9-3-5-12-14(7-9)31(29,30)15-8-11(26)4-6-13(15)16(12)17-18(22(27)28)21(25)20(24)10(2)19(17)23/h3-8H,1,26H2,2H3,(H,27,28). The number of nitrogen functional groups attached to an aromatic ring is 1. The van der Waals surface area contributed by atoms with Crippen molar-refractivity contribution in [3.8, 4) is 0 Å². The van der Waals surface area contributed by atoms with E-state index in [1.54, 1.807) is 0 Å². The zero-order valence-electron chi connectivity index (χ0n) is 16.0. The number of carboxylic acid groups (broad SMARTS) is 1. The fourth-order valence-corrected chi connectivity index (χ4v) is 5.46. The summed E-state index contributed by atoms with van der Waals surface area (Å²) in [6, 6.07) is 7.78. The number of halogens is 3. The van der Waals surface area contributed by atoms with Crippen LogP contribution in [-0.4, -0.2) is 19.5 Å². The summed E-state index contributed by atoms with van der Waals surface area (Å²) in [5.41, 5.74) is 2.86. The summed E-state index contributed by atoms with van der Waals surface area (Å²) in [5.74, 6) is -6.58. The summed E-state index contributed by atoms with van der Waals surface area (Å²) in [5, 5.41) is 9.84. The van der Waals surface area contributed by atoms with Gasteiger partial charge in [0.05, 0.1) is 9.79 Å². The lowest BCUT2D eigenvalue weighted by molar-refractivity contribution is 0.0689. The molecule has 3 aromatic carbocycles. The number of anilines is 1. The van der Waals surface area contributed by atoms with Gasteiger partial charge in [-0.15, -0.1) is 0 Å². The van der Waals surface area contributed by atoms with Gasteiger partial charge in [0.15, 0.2) is 11.6 Å². The van der Waals surface area contributed by atoms with Gasteiger partial charge < -0.3 is 10.8 Å². The van der Waals surface area contributed by atoms with Gasteiger partial charge >= 0.3 is 5.97 Å². The second-order valence-electron chi connectivity index (χ2n) is 7.09. The smallest absolute Gasteiger partial charge is 0.339 e. The minimum Gasteiger partial charge on any atom is -0.478 e. The summed E-state index contributed by atoms with van der Waals surface area (Å²) < 4.78 is 70.6. The first-order valence-corrected chi connectivity index (χ1v) is 10.3. The van der Waals surface area contributed by atoms with Crippen LogP contribution in [0.3, 0.4) is 0 Å². The number of carbonyl (C=O) groups is 1. The van der Waals surface area contributed by atoms with E-state index >= 15 is 4.39 Å². The van der Waals surface area contributed by atoms with E-state index in [1.165, 1.54) is 30.3 Å². The SMILES string of the molecule is C=c1ccc2c(c1)S(=O)(=O)c1cc(N)ccc1C=2c1c(F)c(C)c(F)c(F)c1C(=O)O. The molecule has 31 heavy (non-hydrogen) atoms. The molecule has 0 spiro atoms. The maximum atomic E-state index is 15.3. The van der Waals surface area contributed by atoms with E-state index in [1.807, 2.05) is 0 Å². The molecule has 0 radical (unpaired) electrons. The molecule has 0 atom stereocenters. The lowest BCUT2D eigenvalue weighted by atomic mass is 9.89. The summed E-state index contributed by atoms with van der Waals surface area (Å²) in [6.45, 7) is 4.66. The number of benzene rings is 3. The second-order valence-corrected chi connectivity index (χ2v) is 8.97. The van der Waals surface area contributed by atoms with Gasteiger partial charge in [0.2, 0.25) is 9.84 Å². The zero-order chi connectivity index (χ0) is 22.8. The van der Waals surface area contributed by atoms with Crippen LogP contribution in [0.4, 0.5) is 18.9 Å². The molecule has 158 valence electrons. The van der Waals surface area contributed by atoms with Crippen molar-refractivity contribution in [2.45, 2.75) is 16.7 Å². The Morgan fingerprint density at radius 2 is 1.68 bits per heavy atom. The average Bonchev–Trinajstić information content (AvgIpc) is 2.70. The fourth-order valence-electron chi connectivity index (χ4n) is 3.71. The van der Waals surface area contributed by atoms with Crippen molar-refractivity contribution in [1.29, 1.82) is 0 Å². The third-order valence-corrected chi connectivity index (χ3v) is 7.01. The highest BCUT2D eigenvalue weighted by Gasteiger charge is 2.36. The van der Waals surface area contributed by atoms with E-state index in [4.69, 9.17) is 5.73 Å². The maximum absolute atomic E-state index is 15.3. The molecule has 4 rings (SSSR count). The van der Waals surface area contributed by atoms with Gasteiger partial charge in [0.25, 0.3) is 0 Å². The van der Waals surface area contributed by atoms with Crippen LogP contribution in [0.2, 0.25) is 0 Å². The highest BCUT2D eigenvalue weighted by Crippen LogP contribution is 2.39. The molecule has 0 aliphatic carbocycles. The maximum Gasteiger partial charge on any atom is 0.339 e. The van der Waals surface area contributed by atoms with E-state index in [0.717, 1.165) is 13.0 Å². The topological polar surface area (TPSA) is 97.5 Å². The Balaban J connectivity index is 2.37. The molecule has 0 saturated heterocycles. The van der Waals surface area contributed by atoms with Crippen molar-refractivity contribution in [3.05, 3.63) is 86.5 Å². The minimum absolute atomic E-state index is 0.0588. The highest BCUT2D eigenvalue weighted by atomic mass is 32.2. The van der Waals surface area contributed by atoms with Crippen LogP contribution in [0.15, 0.2) is 46.2 Å². The van der Waals surface area contributed by atoms with Crippen molar-refractivity contribution in [3.63, 3.8) is 0 Å². The third-order valence-electron chi connectivity index (χ3n) is 5.17. The molecule has 3 aromatic rings. The average molecular weight is 445 g/mol. The van der Waals surface area contributed by atoms with Gasteiger partial charge in [0.1, 0.15) is 11.4 Å². The number of nitrogens with two attached hydrogens (primary N) is 1. The van der Waals surface area contributed by atoms with Crippen molar-refractivity contribution in [1.82, 2.24) is 0 Å². The Kier molecular flexibility index (Phi) is 4.48. The largest absolute Gasteiger partial charge is 0.478 e. The second kappa shape index (κ2) is 6.71. The van der Waals surface area contributed by atoms with Crippen molar-refractivity contribution in [2.24, 2.45) is 0 Å². The van der Waals surface area contributed by atoms with Crippen LogP contribution in [0.25, 0.3) is 12.2 Å². The molecular weight excluding hydrogens is 431 g/mol. The third kappa shape index (κ3) is 2.84. The van der Waals surface area contributed by atoms with E-state index in [-0.39, 0.29) is 31.8 Å².